The fraction of sp³-hybridized carbons (Fsp3) is 0.786. The molecule has 0 saturated heterocycles. The van der Waals surface area contributed by atoms with Crippen LogP contribution in [0.1, 0.15) is 46.0 Å². The highest BCUT2D eigenvalue weighted by Crippen LogP contribution is 2.35. The standard InChI is InChI=1S/C14H24N2/c1-4-8-16-14(11-15)7-5-6-13(10-14)9-12(2)3/h4,12-13,16H,1,5-10H2,2-3H3. The van der Waals surface area contributed by atoms with Crippen LogP contribution in [0.15, 0.2) is 12.7 Å². The van der Waals surface area contributed by atoms with Crippen LogP contribution in [0.25, 0.3) is 0 Å². The molecule has 0 heterocycles. The van der Waals surface area contributed by atoms with Gasteiger partial charge in [0.1, 0.15) is 5.54 Å². The molecule has 2 unspecified atom stereocenters. The van der Waals surface area contributed by atoms with Crippen molar-refractivity contribution in [3.8, 4) is 6.07 Å². The molecule has 1 fully saturated rings. The van der Waals surface area contributed by atoms with Gasteiger partial charge in [-0.05, 0) is 31.1 Å². The van der Waals surface area contributed by atoms with Gasteiger partial charge in [-0.15, -0.1) is 6.58 Å². The number of nitriles is 1. The topological polar surface area (TPSA) is 35.8 Å². The van der Waals surface area contributed by atoms with E-state index in [0.29, 0.717) is 5.92 Å². The first-order valence-electron chi connectivity index (χ1n) is 6.39. The van der Waals surface area contributed by atoms with Gasteiger partial charge < -0.3 is 0 Å². The van der Waals surface area contributed by atoms with Crippen LogP contribution >= 0.6 is 0 Å². The predicted octanol–water partition coefficient (Wildman–Crippen LogP) is 3.26. The molecule has 2 nitrogen and oxygen atoms in total. The van der Waals surface area contributed by atoms with Crippen LogP contribution in [0.4, 0.5) is 0 Å². The number of hydrogen-bond donors (Lipinski definition) is 1. The Kier molecular flexibility index (Phi) is 5.02. The lowest BCUT2D eigenvalue weighted by molar-refractivity contribution is 0.211. The van der Waals surface area contributed by atoms with Crippen molar-refractivity contribution in [1.82, 2.24) is 5.32 Å². The average Bonchev–Trinajstić information content (AvgIpc) is 2.26. The Morgan fingerprint density at radius 2 is 2.38 bits per heavy atom. The molecule has 1 rings (SSSR count). The summed E-state index contributed by atoms with van der Waals surface area (Å²) in [5.41, 5.74) is -0.286. The van der Waals surface area contributed by atoms with Gasteiger partial charge in [-0.3, -0.25) is 5.32 Å². The van der Waals surface area contributed by atoms with E-state index in [0.717, 1.165) is 25.3 Å². The van der Waals surface area contributed by atoms with Crippen molar-refractivity contribution in [1.29, 1.82) is 5.26 Å². The lowest BCUT2D eigenvalue weighted by Crippen LogP contribution is -2.47. The largest absolute Gasteiger partial charge is 0.296 e. The Hall–Kier alpha value is -0.810. The van der Waals surface area contributed by atoms with E-state index in [1.54, 1.807) is 0 Å². The Morgan fingerprint density at radius 3 is 2.94 bits per heavy atom. The van der Waals surface area contributed by atoms with E-state index in [1.807, 2.05) is 6.08 Å². The fourth-order valence-corrected chi connectivity index (χ4v) is 2.83. The number of nitrogens with one attached hydrogen (secondary N) is 1. The van der Waals surface area contributed by atoms with Crippen LogP contribution < -0.4 is 5.32 Å². The molecule has 0 aromatic heterocycles. The lowest BCUT2D eigenvalue weighted by atomic mass is 9.74. The second kappa shape index (κ2) is 6.06. The molecule has 0 amide bonds. The molecule has 16 heavy (non-hydrogen) atoms. The van der Waals surface area contributed by atoms with Gasteiger partial charge in [-0.1, -0.05) is 32.8 Å². The van der Waals surface area contributed by atoms with E-state index in [4.69, 9.17) is 0 Å². The van der Waals surface area contributed by atoms with E-state index in [9.17, 15) is 5.26 Å². The highest BCUT2D eigenvalue weighted by molar-refractivity contribution is 5.10. The minimum absolute atomic E-state index is 0.286. The molecule has 0 spiro atoms. The maximum absolute atomic E-state index is 9.37. The Bertz CT molecular complexity index is 264. The second-order valence-electron chi connectivity index (χ2n) is 5.46. The van der Waals surface area contributed by atoms with Crippen LogP contribution in [0.5, 0.6) is 0 Å². The molecule has 1 saturated carbocycles. The van der Waals surface area contributed by atoms with Crippen molar-refractivity contribution in [2.75, 3.05) is 6.54 Å². The van der Waals surface area contributed by atoms with Gasteiger partial charge in [0, 0.05) is 6.54 Å². The van der Waals surface area contributed by atoms with Gasteiger partial charge in [0.2, 0.25) is 0 Å². The normalized spacial score (nSPS) is 30.0. The molecule has 0 bridgehead atoms. The molecular formula is C14H24N2. The smallest absolute Gasteiger partial charge is 0.107 e. The summed E-state index contributed by atoms with van der Waals surface area (Å²) in [7, 11) is 0. The summed E-state index contributed by atoms with van der Waals surface area (Å²) in [6.07, 6.45) is 7.55. The third-order valence-corrected chi connectivity index (χ3v) is 3.46. The van der Waals surface area contributed by atoms with E-state index in [2.05, 4.69) is 31.8 Å². The maximum Gasteiger partial charge on any atom is 0.107 e. The summed E-state index contributed by atoms with van der Waals surface area (Å²) in [5, 5.41) is 12.7. The molecule has 90 valence electrons. The lowest BCUT2D eigenvalue weighted by Gasteiger charge is -2.37. The predicted molar refractivity (Wildman–Crippen MR) is 68.0 cm³/mol. The Labute approximate surface area is 99.7 Å². The Morgan fingerprint density at radius 1 is 1.62 bits per heavy atom. The van der Waals surface area contributed by atoms with Gasteiger partial charge in [0.15, 0.2) is 0 Å². The highest BCUT2D eigenvalue weighted by atomic mass is 15.0. The van der Waals surface area contributed by atoms with Crippen LogP contribution in [-0.4, -0.2) is 12.1 Å². The van der Waals surface area contributed by atoms with Crippen LogP contribution in [0.2, 0.25) is 0 Å². The first-order chi connectivity index (χ1) is 7.62. The van der Waals surface area contributed by atoms with Crippen molar-refractivity contribution >= 4 is 0 Å². The van der Waals surface area contributed by atoms with Gasteiger partial charge in [0.05, 0.1) is 6.07 Å². The molecule has 0 aromatic carbocycles. The Balaban J connectivity index is 2.58. The molecule has 2 atom stereocenters. The zero-order chi connectivity index (χ0) is 12.0. The zero-order valence-electron chi connectivity index (χ0n) is 10.6. The molecule has 1 aliphatic rings. The first-order valence-corrected chi connectivity index (χ1v) is 6.39. The van der Waals surface area contributed by atoms with Crippen LogP contribution in [0, 0.1) is 23.2 Å². The summed E-state index contributed by atoms with van der Waals surface area (Å²) in [5.74, 6) is 1.45. The van der Waals surface area contributed by atoms with Gasteiger partial charge >= 0.3 is 0 Å². The first kappa shape index (κ1) is 13.3. The van der Waals surface area contributed by atoms with Crippen molar-refractivity contribution in [2.24, 2.45) is 11.8 Å². The van der Waals surface area contributed by atoms with Crippen molar-refractivity contribution < 1.29 is 0 Å². The maximum atomic E-state index is 9.37. The number of nitrogens with zero attached hydrogens (tertiary/aromatic N) is 1. The summed E-state index contributed by atoms with van der Waals surface area (Å²) in [4.78, 5) is 0. The molecule has 0 aromatic rings. The monoisotopic (exact) mass is 220 g/mol. The average molecular weight is 220 g/mol. The van der Waals surface area contributed by atoms with Gasteiger partial charge in [-0.25, -0.2) is 0 Å². The highest BCUT2D eigenvalue weighted by Gasteiger charge is 2.35. The SMILES string of the molecule is C=CCNC1(C#N)CCCC(CC(C)C)C1. The minimum Gasteiger partial charge on any atom is -0.296 e. The number of hydrogen-bond acceptors (Lipinski definition) is 2. The third kappa shape index (κ3) is 3.64. The molecule has 1 aliphatic carbocycles. The minimum atomic E-state index is -0.286. The molecule has 0 radical (unpaired) electrons. The third-order valence-electron chi connectivity index (χ3n) is 3.46. The van der Waals surface area contributed by atoms with Crippen LogP contribution in [0.3, 0.4) is 0 Å². The summed E-state index contributed by atoms with van der Waals surface area (Å²) in [6, 6.07) is 2.50. The van der Waals surface area contributed by atoms with Gasteiger partial charge in [0.25, 0.3) is 0 Å². The van der Waals surface area contributed by atoms with E-state index < -0.39 is 0 Å². The molecule has 2 heteroatoms. The second-order valence-corrected chi connectivity index (χ2v) is 5.46. The zero-order valence-corrected chi connectivity index (χ0v) is 10.6. The van der Waals surface area contributed by atoms with Crippen molar-refractivity contribution in [3.63, 3.8) is 0 Å². The van der Waals surface area contributed by atoms with E-state index in [1.165, 1.54) is 19.3 Å². The van der Waals surface area contributed by atoms with Gasteiger partial charge in [-0.2, -0.15) is 5.26 Å². The summed E-state index contributed by atoms with van der Waals surface area (Å²) >= 11 is 0. The molecular weight excluding hydrogens is 196 g/mol. The molecule has 1 N–H and O–H groups in total. The molecule has 0 aliphatic heterocycles. The van der Waals surface area contributed by atoms with Crippen LogP contribution in [-0.2, 0) is 0 Å². The van der Waals surface area contributed by atoms with Crippen molar-refractivity contribution in [2.45, 2.75) is 51.5 Å². The summed E-state index contributed by atoms with van der Waals surface area (Å²) in [6.45, 7) is 8.97. The van der Waals surface area contributed by atoms with Crippen molar-refractivity contribution in [3.05, 3.63) is 12.7 Å². The fourth-order valence-electron chi connectivity index (χ4n) is 2.83. The van der Waals surface area contributed by atoms with E-state index in [-0.39, 0.29) is 5.54 Å². The van der Waals surface area contributed by atoms with E-state index >= 15 is 0 Å². The summed E-state index contributed by atoms with van der Waals surface area (Å²) < 4.78 is 0. The number of rotatable bonds is 5. The quantitative estimate of drug-likeness (QED) is 0.722.